The molecule has 1 aliphatic carbocycles. The molecule has 1 heterocycles. The molecule has 0 saturated heterocycles. The van der Waals surface area contributed by atoms with Gasteiger partial charge in [-0.3, -0.25) is 0 Å². The lowest BCUT2D eigenvalue weighted by atomic mass is 10.1. The predicted octanol–water partition coefficient (Wildman–Crippen LogP) is 1.60. The molecular weight excluding hydrogens is 248 g/mol. The van der Waals surface area contributed by atoms with Crippen molar-refractivity contribution < 1.29 is 8.42 Å². The van der Waals surface area contributed by atoms with E-state index >= 15 is 0 Å². The number of hydrogen-bond donors (Lipinski definition) is 0. The van der Waals surface area contributed by atoms with Crippen LogP contribution in [-0.4, -0.2) is 18.1 Å². The highest BCUT2D eigenvalue weighted by Gasteiger charge is 2.53. The topological polar surface area (TPSA) is 70.8 Å². The van der Waals surface area contributed by atoms with Crippen LogP contribution in [0.5, 0.6) is 0 Å². The van der Waals surface area contributed by atoms with E-state index < -0.39 is 13.8 Å². The fourth-order valence-electron chi connectivity index (χ4n) is 1.66. The summed E-state index contributed by atoms with van der Waals surface area (Å²) in [5.41, 5.74) is 1.08. The molecule has 0 aromatic carbocycles. The van der Waals surface area contributed by atoms with Crippen LogP contribution in [0.1, 0.15) is 24.1 Å². The molecule has 0 atom stereocenters. The van der Waals surface area contributed by atoms with Crippen LogP contribution in [0.15, 0.2) is 18.3 Å². The molecule has 0 aliphatic heterocycles. The van der Waals surface area contributed by atoms with Crippen LogP contribution in [0.25, 0.3) is 0 Å². The van der Waals surface area contributed by atoms with Crippen LogP contribution < -0.4 is 0 Å². The summed E-state index contributed by atoms with van der Waals surface area (Å²) in [6.45, 7) is 0. The van der Waals surface area contributed by atoms with E-state index in [1.807, 2.05) is 6.07 Å². The van der Waals surface area contributed by atoms with Gasteiger partial charge in [0.2, 0.25) is 9.05 Å². The van der Waals surface area contributed by atoms with E-state index in [-0.39, 0.29) is 0 Å². The van der Waals surface area contributed by atoms with Crippen LogP contribution in [0, 0.1) is 11.3 Å². The van der Waals surface area contributed by atoms with Crippen molar-refractivity contribution in [1.29, 1.82) is 5.26 Å². The number of halogens is 1. The summed E-state index contributed by atoms with van der Waals surface area (Å²) >= 11 is 0. The third kappa shape index (κ3) is 2.04. The monoisotopic (exact) mass is 256 g/mol. The maximum absolute atomic E-state index is 11.4. The lowest BCUT2D eigenvalue weighted by Gasteiger charge is -2.10. The molecule has 4 nitrogen and oxygen atoms in total. The Labute approximate surface area is 98.3 Å². The van der Waals surface area contributed by atoms with Crippen molar-refractivity contribution in [3.05, 3.63) is 29.6 Å². The molecule has 84 valence electrons. The Morgan fingerprint density at radius 2 is 2.25 bits per heavy atom. The minimum Gasteiger partial charge on any atom is -0.246 e. The van der Waals surface area contributed by atoms with Crippen molar-refractivity contribution in [2.24, 2.45) is 0 Å². The first kappa shape index (κ1) is 11.4. The molecule has 0 spiro atoms. The van der Waals surface area contributed by atoms with Gasteiger partial charge in [-0.15, -0.1) is 0 Å². The summed E-state index contributed by atoms with van der Waals surface area (Å²) in [6, 6.07) is 5.23. The first-order valence-corrected chi connectivity index (χ1v) is 7.07. The minimum atomic E-state index is -3.54. The van der Waals surface area contributed by atoms with Gasteiger partial charge in [-0.1, -0.05) is 0 Å². The minimum absolute atomic E-state index is 0.292. The molecule has 1 saturated carbocycles. The van der Waals surface area contributed by atoms with Gasteiger partial charge in [0.25, 0.3) is 0 Å². The lowest BCUT2D eigenvalue weighted by Crippen LogP contribution is -2.20. The molecule has 1 aromatic rings. The van der Waals surface area contributed by atoms with Crippen molar-refractivity contribution in [1.82, 2.24) is 4.98 Å². The zero-order chi connectivity index (χ0) is 11.8. The number of hydrogen-bond acceptors (Lipinski definition) is 4. The summed E-state index contributed by atoms with van der Waals surface area (Å²) in [5.74, 6) is 0. The van der Waals surface area contributed by atoms with Crippen LogP contribution in [0.4, 0.5) is 0 Å². The van der Waals surface area contributed by atoms with Crippen LogP contribution in [0.3, 0.4) is 0 Å². The van der Waals surface area contributed by atoms with Gasteiger partial charge in [-0.25, -0.2) is 13.4 Å². The maximum atomic E-state index is 11.4. The summed E-state index contributed by atoms with van der Waals surface area (Å²) in [7, 11) is 1.86. The normalized spacial score (nSPS) is 17.8. The Hall–Kier alpha value is -1.12. The van der Waals surface area contributed by atoms with Gasteiger partial charge in [-0.05, 0) is 37.0 Å². The Bertz CT molecular complexity index is 558. The molecule has 0 N–H and O–H groups in total. The van der Waals surface area contributed by atoms with Gasteiger partial charge in [0, 0.05) is 16.9 Å². The number of nitrogens with zero attached hydrogens (tertiary/aromatic N) is 2. The Morgan fingerprint density at radius 1 is 1.56 bits per heavy atom. The average Bonchev–Trinajstić information content (AvgIpc) is 2.98. The van der Waals surface area contributed by atoms with E-state index in [1.165, 1.54) is 6.20 Å². The third-order valence-electron chi connectivity index (χ3n) is 2.79. The summed E-state index contributed by atoms with van der Waals surface area (Å²) in [6.07, 6.45) is 3.03. The Balaban J connectivity index is 2.26. The van der Waals surface area contributed by atoms with Crippen molar-refractivity contribution >= 4 is 19.7 Å². The van der Waals surface area contributed by atoms with Gasteiger partial charge in [0.1, 0.15) is 11.8 Å². The van der Waals surface area contributed by atoms with Gasteiger partial charge in [0.05, 0.1) is 4.75 Å². The number of nitriles is 1. The van der Waals surface area contributed by atoms with Crippen molar-refractivity contribution in [2.45, 2.75) is 24.0 Å². The summed E-state index contributed by atoms with van der Waals surface area (Å²) < 4.78 is 21.9. The Morgan fingerprint density at radius 3 is 2.75 bits per heavy atom. The van der Waals surface area contributed by atoms with E-state index in [4.69, 9.17) is 15.9 Å². The van der Waals surface area contributed by atoms with Gasteiger partial charge >= 0.3 is 0 Å². The van der Waals surface area contributed by atoms with Gasteiger partial charge < -0.3 is 0 Å². The maximum Gasteiger partial charge on any atom is 0.238 e. The largest absolute Gasteiger partial charge is 0.246 e. The van der Waals surface area contributed by atoms with E-state index in [1.54, 1.807) is 12.1 Å². The number of rotatable bonds is 3. The zero-order valence-electron chi connectivity index (χ0n) is 8.35. The molecule has 2 rings (SSSR count). The second-order valence-electron chi connectivity index (χ2n) is 3.96. The summed E-state index contributed by atoms with van der Waals surface area (Å²) in [4.78, 5) is 3.83. The molecule has 1 aromatic heterocycles. The lowest BCUT2D eigenvalue weighted by molar-refractivity contribution is 0.590. The zero-order valence-corrected chi connectivity index (χ0v) is 9.92. The average molecular weight is 257 g/mol. The number of pyridine rings is 1. The second-order valence-corrected chi connectivity index (χ2v) is 6.92. The summed E-state index contributed by atoms with van der Waals surface area (Å²) in [5, 5.41) is 8.68. The standard InChI is InChI=1S/C10H9ClN2O2S/c11-16(14,15)10(2-3-10)6-8-1-4-13-9(5-8)7-12/h1,4-5H,2-3,6H2. The van der Waals surface area contributed by atoms with E-state index in [9.17, 15) is 8.42 Å². The third-order valence-corrected chi connectivity index (χ3v) is 5.36. The highest BCUT2D eigenvalue weighted by atomic mass is 35.7. The fraction of sp³-hybridized carbons (Fsp3) is 0.400. The number of aromatic nitrogens is 1. The van der Waals surface area contributed by atoms with E-state index in [0.29, 0.717) is 25.0 Å². The highest BCUT2D eigenvalue weighted by Crippen LogP contribution is 2.48. The van der Waals surface area contributed by atoms with Crippen molar-refractivity contribution in [3.8, 4) is 6.07 Å². The molecule has 1 aliphatic rings. The fourth-order valence-corrected chi connectivity index (χ4v) is 3.22. The molecule has 0 bridgehead atoms. The van der Waals surface area contributed by atoms with Crippen LogP contribution >= 0.6 is 10.7 Å². The molecular formula is C10H9ClN2O2S. The van der Waals surface area contributed by atoms with Crippen LogP contribution in [-0.2, 0) is 15.5 Å². The molecule has 0 unspecified atom stereocenters. The highest BCUT2D eigenvalue weighted by molar-refractivity contribution is 8.15. The van der Waals surface area contributed by atoms with Crippen molar-refractivity contribution in [2.75, 3.05) is 0 Å². The van der Waals surface area contributed by atoms with Gasteiger partial charge in [0.15, 0.2) is 0 Å². The smallest absolute Gasteiger partial charge is 0.238 e. The van der Waals surface area contributed by atoms with Gasteiger partial charge in [-0.2, -0.15) is 5.26 Å². The van der Waals surface area contributed by atoms with E-state index in [2.05, 4.69) is 4.98 Å². The predicted molar refractivity (Wildman–Crippen MR) is 59.4 cm³/mol. The molecule has 6 heteroatoms. The first-order valence-electron chi connectivity index (χ1n) is 4.76. The molecule has 16 heavy (non-hydrogen) atoms. The second kappa shape index (κ2) is 3.72. The molecule has 0 amide bonds. The Kier molecular flexibility index (Phi) is 2.64. The molecule has 1 fully saturated rings. The van der Waals surface area contributed by atoms with E-state index in [0.717, 1.165) is 5.56 Å². The van der Waals surface area contributed by atoms with Crippen molar-refractivity contribution in [3.63, 3.8) is 0 Å². The SMILES string of the molecule is N#Cc1cc(CC2(S(=O)(=O)Cl)CC2)ccn1. The quantitative estimate of drug-likeness (QED) is 0.770. The first-order chi connectivity index (χ1) is 7.47. The molecule has 0 radical (unpaired) electrons. The van der Waals surface area contributed by atoms with Crippen LogP contribution in [0.2, 0.25) is 0 Å².